The SMILES string of the molecule is O=C1NCCN[C@@H]1C(CCc1c[nH]c2ccccc12)c1cccc(C(F)(F)F)c1. The smallest absolute Gasteiger partial charge is 0.361 e. The Morgan fingerprint density at radius 1 is 1.07 bits per heavy atom. The predicted molar refractivity (Wildman–Crippen MR) is 106 cm³/mol. The maximum Gasteiger partial charge on any atom is 0.416 e. The third-order valence-corrected chi connectivity index (χ3v) is 5.52. The van der Waals surface area contributed by atoms with Crippen molar-refractivity contribution in [2.75, 3.05) is 13.1 Å². The highest BCUT2D eigenvalue weighted by Crippen LogP contribution is 2.34. The van der Waals surface area contributed by atoms with Gasteiger partial charge in [0.25, 0.3) is 0 Å². The molecular formula is C22H22F3N3O. The first-order valence-electron chi connectivity index (χ1n) is 9.67. The van der Waals surface area contributed by atoms with Gasteiger partial charge in [0.2, 0.25) is 5.91 Å². The van der Waals surface area contributed by atoms with Crippen LogP contribution in [0.2, 0.25) is 0 Å². The minimum atomic E-state index is -4.42. The molecule has 3 N–H and O–H groups in total. The number of aromatic amines is 1. The van der Waals surface area contributed by atoms with Gasteiger partial charge in [-0.2, -0.15) is 13.2 Å². The molecule has 0 radical (unpaired) electrons. The summed E-state index contributed by atoms with van der Waals surface area (Å²) >= 11 is 0. The van der Waals surface area contributed by atoms with Crippen molar-refractivity contribution < 1.29 is 18.0 Å². The predicted octanol–water partition coefficient (Wildman–Crippen LogP) is 3.99. The number of nitrogens with one attached hydrogen (secondary N) is 3. The number of rotatable bonds is 5. The summed E-state index contributed by atoms with van der Waals surface area (Å²) in [5.41, 5.74) is 1.94. The van der Waals surface area contributed by atoms with E-state index in [9.17, 15) is 18.0 Å². The summed E-state index contributed by atoms with van der Waals surface area (Å²) in [6, 6.07) is 12.7. The lowest BCUT2D eigenvalue weighted by Crippen LogP contribution is -2.55. The van der Waals surface area contributed by atoms with Gasteiger partial charge in [-0.05, 0) is 36.1 Å². The lowest BCUT2D eigenvalue weighted by molar-refractivity contribution is -0.137. The van der Waals surface area contributed by atoms with Gasteiger partial charge in [0.1, 0.15) is 0 Å². The van der Waals surface area contributed by atoms with E-state index in [4.69, 9.17) is 0 Å². The van der Waals surface area contributed by atoms with Gasteiger partial charge in [-0.15, -0.1) is 0 Å². The van der Waals surface area contributed by atoms with Gasteiger partial charge in [0.05, 0.1) is 11.6 Å². The molecule has 1 amide bonds. The highest BCUT2D eigenvalue weighted by atomic mass is 19.4. The highest BCUT2D eigenvalue weighted by molar-refractivity contribution is 5.84. The zero-order chi connectivity index (χ0) is 20.4. The molecule has 2 atom stereocenters. The third kappa shape index (κ3) is 4.15. The van der Waals surface area contributed by atoms with Crippen molar-refractivity contribution in [2.45, 2.75) is 31.0 Å². The number of aromatic nitrogens is 1. The van der Waals surface area contributed by atoms with Gasteiger partial charge < -0.3 is 15.6 Å². The van der Waals surface area contributed by atoms with Crippen molar-refractivity contribution >= 4 is 16.8 Å². The standard InChI is InChI=1S/C22H22F3N3O/c23-22(24,25)16-5-3-4-14(12-16)18(20-21(29)27-11-10-26-20)9-8-15-13-28-19-7-2-1-6-17(15)19/h1-7,12-13,18,20,26,28H,8-11H2,(H,27,29)/t18?,20-/m1/s1. The highest BCUT2D eigenvalue weighted by Gasteiger charge is 2.34. The number of H-pyrrole nitrogens is 1. The Balaban J connectivity index is 1.64. The van der Waals surface area contributed by atoms with Crippen molar-refractivity contribution in [1.29, 1.82) is 0 Å². The number of carbonyl (C=O) groups is 1. The minimum Gasteiger partial charge on any atom is -0.361 e. The Kier molecular flexibility index (Phi) is 5.32. The molecule has 0 aliphatic carbocycles. The van der Waals surface area contributed by atoms with Crippen LogP contribution in [0, 0.1) is 0 Å². The van der Waals surface area contributed by atoms with Gasteiger partial charge >= 0.3 is 6.18 Å². The number of piperazine rings is 1. The molecule has 2 heterocycles. The van der Waals surface area contributed by atoms with Crippen LogP contribution in [0.4, 0.5) is 13.2 Å². The molecular weight excluding hydrogens is 379 g/mol. The lowest BCUT2D eigenvalue weighted by atomic mass is 9.84. The quantitative estimate of drug-likeness (QED) is 0.606. The first-order chi connectivity index (χ1) is 13.9. The van der Waals surface area contributed by atoms with E-state index in [0.29, 0.717) is 31.5 Å². The van der Waals surface area contributed by atoms with Crippen LogP contribution in [0.15, 0.2) is 54.7 Å². The van der Waals surface area contributed by atoms with Crippen molar-refractivity contribution in [1.82, 2.24) is 15.6 Å². The Labute approximate surface area is 166 Å². The van der Waals surface area contributed by atoms with Gasteiger partial charge in [-0.1, -0.05) is 36.4 Å². The van der Waals surface area contributed by atoms with E-state index in [0.717, 1.165) is 22.5 Å². The Morgan fingerprint density at radius 3 is 2.69 bits per heavy atom. The monoisotopic (exact) mass is 401 g/mol. The molecule has 2 aromatic carbocycles. The number of amides is 1. The van der Waals surface area contributed by atoms with Crippen LogP contribution in [0.5, 0.6) is 0 Å². The number of carbonyl (C=O) groups excluding carboxylic acids is 1. The second kappa shape index (κ2) is 7.91. The summed E-state index contributed by atoms with van der Waals surface area (Å²) in [4.78, 5) is 15.7. The molecule has 4 nitrogen and oxygen atoms in total. The number of fused-ring (bicyclic) bond motifs is 1. The fraction of sp³-hybridized carbons (Fsp3) is 0.318. The number of hydrogen-bond acceptors (Lipinski definition) is 2. The van der Waals surface area contributed by atoms with Crippen LogP contribution in [-0.4, -0.2) is 30.0 Å². The summed E-state index contributed by atoms with van der Waals surface area (Å²) in [7, 11) is 0. The first-order valence-corrected chi connectivity index (χ1v) is 9.67. The van der Waals surface area contributed by atoms with Gasteiger partial charge in [-0.3, -0.25) is 4.79 Å². The Bertz CT molecular complexity index is 1010. The molecule has 0 saturated carbocycles. The summed E-state index contributed by atoms with van der Waals surface area (Å²) < 4.78 is 39.7. The molecule has 3 aromatic rings. The molecule has 0 spiro atoms. The van der Waals surface area contributed by atoms with E-state index < -0.39 is 17.8 Å². The number of hydrogen-bond donors (Lipinski definition) is 3. The molecule has 29 heavy (non-hydrogen) atoms. The average molecular weight is 401 g/mol. The van der Waals surface area contributed by atoms with E-state index in [-0.39, 0.29) is 11.8 Å². The molecule has 1 aliphatic heterocycles. The normalized spacial score (nSPS) is 18.6. The third-order valence-electron chi connectivity index (χ3n) is 5.52. The van der Waals surface area contributed by atoms with Crippen LogP contribution in [-0.2, 0) is 17.4 Å². The molecule has 152 valence electrons. The molecule has 4 rings (SSSR count). The summed E-state index contributed by atoms with van der Waals surface area (Å²) in [6.45, 7) is 1.12. The molecule has 1 aliphatic rings. The second-order valence-electron chi connectivity index (χ2n) is 7.35. The maximum absolute atomic E-state index is 13.2. The summed E-state index contributed by atoms with van der Waals surface area (Å²) in [6.07, 6.45) is -1.29. The van der Waals surface area contributed by atoms with Gasteiger partial charge in [0, 0.05) is 36.1 Å². The zero-order valence-corrected chi connectivity index (χ0v) is 15.7. The topological polar surface area (TPSA) is 56.9 Å². The Morgan fingerprint density at radius 2 is 1.90 bits per heavy atom. The molecule has 0 bridgehead atoms. The number of aryl methyl sites for hydroxylation is 1. The van der Waals surface area contributed by atoms with Crippen LogP contribution in [0.1, 0.15) is 29.0 Å². The zero-order valence-electron chi connectivity index (χ0n) is 15.7. The van der Waals surface area contributed by atoms with E-state index in [2.05, 4.69) is 15.6 Å². The summed E-state index contributed by atoms with van der Waals surface area (Å²) in [5, 5.41) is 7.11. The largest absolute Gasteiger partial charge is 0.416 e. The minimum absolute atomic E-state index is 0.169. The fourth-order valence-electron chi connectivity index (χ4n) is 4.06. The second-order valence-corrected chi connectivity index (χ2v) is 7.35. The van der Waals surface area contributed by atoms with Crippen LogP contribution in [0.3, 0.4) is 0 Å². The van der Waals surface area contributed by atoms with Gasteiger partial charge in [-0.25, -0.2) is 0 Å². The molecule has 1 unspecified atom stereocenters. The molecule has 1 aromatic heterocycles. The summed E-state index contributed by atoms with van der Waals surface area (Å²) in [5.74, 6) is -0.538. The molecule has 7 heteroatoms. The fourth-order valence-corrected chi connectivity index (χ4v) is 4.06. The van der Waals surface area contributed by atoms with E-state index in [1.165, 1.54) is 12.1 Å². The van der Waals surface area contributed by atoms with Crippen molar-refractivity contribution in [3.63, 3.8) is 0 Å². The number of para-hydroxylation sites is 1. The van der Waals surface area contributed by atoms with Gasteiger partial charge in [0.15, 0.2) is 0 Å². The van der Waals surface area contributed by atoms with Crippen LogP contribution < -0.4 is 10.6 Å². The first kappa shape index (κ1) is 19.5. The van der Waals surface area contributed by atoms with Crippen molar-refractivity contribution in [3.05, 3.63) is 71.4 Å². The van der Waals surface area contributed by atoms with Crippen molar-refractivity contribution in [2.24, 2.45) is 0 Å². The number of benzene rings is 2. The van der Waals surface area contributed by atoms with E-state index in [1.807, 2.05) is 30.5 Å². The lowest BCUT2D eigenvalue weighted by Gasteiger charge is -2.31. The van der Waals surface area contributed by atoms with Crippen molar-refractivity contribution in [3.8, 4) is 0 Å². The number of halogens is 3. The van der Waals surface area contributed by atoms with E-state index >= 15 is 0 Å². The number of alkyl halides is 3. The van der Waals surface area contributed by atoms with Crippen LogP contribution >= 0.6 is 0 Å². The van der Waals surface area contributed by atoms with E-state index in [1.54, 1.807) is 6.07 Å². The molecule has 1 fully saturated rings. The van der Waals surface area contributed by atoms with Crippen LogP contribution in [0.25, 0.3) is 10.9 Å². The molecule has 1 saturated heterocycles. The Hall–Kier alpha value is -2.80. The maximum atomic E-state index is 13.2. The average Bonchev–Trinajstić information content (AvgIpc) is 3.12.